The summed E-state index contributed by atoms with van der Waals surface area (Å²) >= 11 is 7.32. The molecule has 3 atom stereocenters. The number of aliphatic carboxylic acids is 1. The molecule has 4 N–H and O–H groups in total. The molecule has 2 aromatic heterocycles. The third-order valence-electron chi connectivity index (χ3n) is 8.56. The van der Waals surface area contributed by atoms with Crippen LogP contribution in [0.5, 0.6) is 0 Å². The maximum absolute atomic E-state index is 16.0. The summed E-state index contributed by atoms with van der Waals surface area (Å²) in [5, 5.41) is 12.2. The van der Waals surface area contributed by atoms with E-state index >= 15 is 4.39 Å². The van der Waals surface area contributed by atoms with E-state index < -0.39 is 23.5 Å². The highest BCUT2D eigenvalue weighted by atomic mass is 35.5. The van der Waals surface area contributed by atoms with Crippen molar-refractivity contribution in [2.75, 3.05) is 50.1 Å². The van der Waals surface area contributed by atoms with Gasteiger partial charge in [0.1, 0.15) is 6.33 Å². The van der Waals surface area contributed by atoms with Crippen LogP contribution in [0.3, 0.4) is 0 Å². The van der Waals surface area contributed by atoms with Crippen LogP contribution in [0.15, 0.2) is 24.5 Å². The molecule has 1 aromatic carbocycles. The lowest BCUT2D eigenvalue weighted by Gasteiger charge is -2.41. The number of hydrogen-bond donors (Lipinski definition) is 3. The molecule has 11 nitrogen and oxygen atoms in total. The standard InChI is InChI=1S/C30H37ClF4N8O3S/c1-3-20-4-5-23(36)43(20)14-22-26(17-10-18(30(33,34)35)12-19(31)11-17)39-29(47-22)40-27-25(32)28(38-16-37-27)42-9-8-41(7-6-24(44)45)21(13-42)15-46-2/h10-12,16,20-21,23H,3-9,13-15,36H2,1-2H3,(H,44,45)(H,37,38,39,40)/t20-,21+,23+/m1/s1. The predicted octanol–water partition coefficient (Wildman–Crippen LogP) is 5.43. The van der Waals surface area contributed by atoms with E-state index in [9.17, 15) is 18.0 Å². The predicted molar refractivity (Wildman–Crippen MR) is 171 cm³/mol. The molecular weight excluding hydrogens is 664 g/mol. The van der Waals surface area contributed by atoms with Crippen molar-refractivity contribution in [1.82, 2.24) is 24.8 Å². The summed E-state index contributed by atoms with van der Waals surface area (Å²) in [5.74, 6) is -1.73. The molecule has 3 aromatic rings. The Bertz CT molecular complexity index is 1560. The normalized spacial score (nSPS) is 21.0. The second kappa shape index (κ2) is 15.0. The zero-order chi connectivity index (χ0) is 33.9. The second-order valence-electron chi connectivity index (χ2n) is 11.6. The van der Waals surface area contributed by atoms with Crippen LogP contribution in [0, 0.1) is 5.82 Å². The van der Waals surface area contributed by atoms with Crippen LogP contribution < -0.4 is 16.0 Å². The number of likely N-dealkylation sites (tertiary alicyclic amines) is 1. The Morgan fingerprint density at radius 3 is 2.70 bits per heavy atom. The van der Waals surface area contributed by atoms with E-state index in [0.29, 0.717) is 44.2 Å². The summed E-state index contributed by atoms with van der Waals surface area (Å²) in [6, 6.07) is 3.31. The van der Waals surface area contributed by atoms with Gasteiger partial charge < -0.3 is 25.8 Å². The first kappa shape index (κ1) is 35.2. The fourth-order valence-corrected chi connectivity index (χ4v) is 7.41. The molecule has 0 aliphatic carbocycles. The molecule has 0 bridgehead atoms. The van der Waals surface area contributed by atoms with Crippen molar-refractivity contribution >= 4 is 45.7 Å². The Labute approximate surface area is 278 Å². The van der Waals surface area contributed by atoms with Gasteiger partial charge in [-0.3, -0.25) is 14.6 Å². The maximum atomic E-state index is 16.0. The molecule has 256 valence electrons. The van der Waals surface area contributed by atoms with Crippen molar-refractivity contribution in [3.63, 3.8) is 0 Å². The molecule has 0 radical (unpaired) electrons. The first-order valence-electron chi connectivity index (χ1n) is 15.2. The molecule has 0 amide bonds. The number of aromatic nitrogens is 3. The summed E-state index contributed by atoms with van der Waals surface area (Å²) < 4.78 is 62.5. The number of hydrogen-bond acceptors (Lipinski definition) is 11. The number of ether oxygens (including phenoxy) is 1. The smallest absolute Gasteiger partial charge is 0.416 e. The van der Waals surface area contributed by atoms with Gasteiger partial charge in [-0.05, 0) is 37.5 Å². The molecule has 2 saturated heterocycles. The van der Waals surface area contributed by atoms with Crippen LogP contribution in [0.2, 0.25) is 5.02 Å². The van der Waals surface area contributed by atoms with Crippen molar-refractivity contribution < 1.29 is 32.2 Å². The highest BCUT2D eigenvalue weighted by Gasteiger charge is 2.34. The molecule has 2 fully saturated rings. The van der Waals surface area contributed by atoms with Gasteiger partial charge in [0.05, 0.1) is 36.5 Å². The Morgan fingerprint density at radius 1 is 1.21 bits per heavy atom. The van der Waals surface area contributed by atoms with E-state index in [1.165, 1.54) is 23.7 Å². The average molecular weight is 701 g/mol. The van der Waals surface area contributed by atoms with E-state index in [1.807, 2.05) is 4.90 Å². The lowest BCUT2D eigenvalue weighted by Crippen LogP contribution is -2.55. The molecular formula is C30H37ClF4N8O3S. The largest absolute Gasteiger partial charge is 0.481 e. The summed E-state index contributed by atoms with van der Waals surface area (Å²) in [4.78, 5) is 30.6. The van der Waals surface area contributed by atoms with Crippen molar-refractivity contribution in [2.24, 2.45) is 5.73 Å². The number of thiazole rings is 1. The van der Waals surface area contributed by atoms with Crippen molar-refractivity contribution in [1.29, 1.82) is 0 Å². The van der Waals surface area contributed by atoms with Crippen LogP contribution in [0.25, 0.3) is 11.3 Å². The Hall–Kier alpha value is -3.15. The average Bonchev–Trinajstić information content (AvgIpc) is 3.59. The molecule has 2 aliphatic rings. The van der Waals surface area contributed by atoms with E-state index in [2.05, 4.69) is 32.1 Å². The number of halogens is 5. The van der Waals surface area contributed by atoms with Crippen LogP contribution >= 0.6 is 22.9 Å². The molecule has 0 unspecified atom stereocenters. The van der Waals surface area contributed by atoms with Gasteiger partial charge in [-0.25, -0.2) is 15.0 Å². The quantitative estimate of drug-likeness (QED) is 0.209. The lowest BCUT2D eigenvalue weighted by molar-refractivity contribution is -0.138. The van der Waals surface area contributed by atoms with Crippen molar-refractivity contribution in [3.05, 3.63) is 45.8 Å². The van der Waals surface area contributed by atoms with Crippen molar-refractivity contribution in [2.45, 2.75) is 63.6 Å². The van der Waals surface area contributed by atoms with Crippen LogP contribution in [-0.2, 0) is 22.3 Å². The van der Waals surface area contributed by atoms with Gasteiger partial charge >= 0.3 is 12.1 Å². The number of anilines is 3. The van der Waals surface area contributed by atoms with Gasteiger partial charge in [0.25, 0.3) is 0 Å². The van der Waals surface area contributed by atoms with Gasteiger partial charge in [-0.1, -0.05) is 29.9 Å². The molecule has 0 saturated carbocycles. The number of nitrogens with one attached hydrogen (secondary N) is 1. The summed E-state index contributed by atoms with van der Waals surface area (Å²) in [7, 11) is 1.55. The third kappa shape index (κ3) is 8.29. The number of piperazine rings is 1. The highest BCUT2D eigenvalue weighted by molar-refractivity contribution is 7.16. The summed E-state index contributed by atoms with van der Waals surface area (Å²) in [6.45, 7) is 4.27. The van der Waals surface area contributed by atoms with Crippen LogP contribution in [-0.4, -0.2) is 94.0 Å². The molecule has 4 heterocycles. The second-order valence-corrected chi connectivity index (χ2v) is 13.1. The minimum absolute atomic E-state index is 0.0244. The minimum atomic E-state index is -4.62. The number of nitrogens with two attached hydrogens (primary N) is 1. The van der Waals surface area contributed by atoms with E-state index in [4.69, 9.17) is 27.2 Å². The number of carboxylic acid groups (broad SMARTS) is 1. The Balaban J connectivity index is 1.45. The third-order valence-corrected chi connectivity index (χ3v) is 9.73. The molecule has 2 aliphatic heterocycles. The monoisotopic (exact) mass is 700 g/mol. The molecule has 5 rings (SSSR count). The Morgan fingerprint density at radius 2 is 2.00 bits per heavy atom. The number of methoxy groups -OCH3 is 1. The molecule has 17 heteroatoms. The number of alkyl halides is 3. The van der Waals surface area contributed by atoms with Crippen LogP contribution in [0.4, 0.5) is 34.3 Å². The first-order valence-corrected chi connectivity index (χ1v) is 16.4. The van der Waals surface area contributed by atoms with Crippen LogP contribution in [0.1, 0.15) is 43.0 Å². The zero-order valence-corrected chi connectivity index (χ0v) is 27.5. The lowest BCUT2D eigenvalue weighted by atomic mass is 10.1. The first-order chi connectivity index (χ1) is 22.4. The fourth-order valence-electron chi connectivity index (χ4n) is 6.18. The van der Waals surface area contributed by atoms with Gasteiger partial charge in [-0.15, -0.1) is 0 Å². The van der Waals surface area contributed by atoms with Gasteiger partial charge in [0.2, 0.25) is 5.82 Å². The van der Waals surface area contributed by atoms with E-state index in [1.54, 1.807) is 12.0 Å². The highest BCUT2D eigenvalue weighted by Crippen LogP contribution is 2.40. The summed E-state index contributed by atoms with van der Waals surface area (Å²) in [5.41, 5.74) is 5.97. The Kier molecular flexibility index (Phi) is 11.2. The number of carbonyl (C=O) groups is 1. The number of benzene rings is 1. The zero-order valence-electron chi connectivity index (χ0n) is 25.9. The minimum Gasteiger partial charge on any atom is -0.481 e. The SMILES string of the molecule is CC[C@@H]1CC[C@@H](N)N1Cc1sc(Nc2ncnc(N3CCN(CCC(=O)O)[C@H](COC)C3)c2F)nc1-c1cc(Cl)cc(C(F)(F)F)c1. The van der Waals surface area contributed by atoms with E-state index in [-0.39, 0.29) is 57.7 Å². The molecule has 47 heavy (non-hydrogen) atoms. The molecule has 0 spiro atoms. The summed E-state index contributed by atoms with van der Waals surface area (Å²) in [6.07, 6.45) is -1.09. The number of carboxylic acids is 1. The maximum Gasteiger partial charge on any atom is 0.416 e. The van der Waals surface area contributed by atoms with E-state index in [0.717, 1.165) is 31.4 Å². The number of nitrogens with zero attached hydrogens (tertiary/aromatic N) is 6. The fraction of sp³-hybridized carbons (Fsp3) is 0.533. The topological polar surface area (TPSA) is 133 Å². The van der Waals surface area contributed by atoms with Gasteiger partial charge in [0.15, 0.2) is 16.8 Å². The van der Waals surface area contributed by atoms with Gasteiger partial charge in [-0.2, -0.15) is 17.6 Å². The van der Waals surface area contributed by atoms with Gasteiger partial charge in [0, 0.05) is 61.3 Å². The number of rotatable bonds is 12. The van der Waals surface area contributed by atoms with Crippen molar-refractivity contribution in [3.8, 4) is 11.3 Å².